The molecule has 100 valence electrons. The quantitative estimate of drug-likeness (QED) is 0.842. The van der Waals surface area contributed by atoms with E-state index in [1.165, 1.54) is 5.56 Å². The van der Waals surface area contributed by atoms with Gasteiger partial charge in [0.1, 0.15) is 5.75 Å². The first-order valence-electron chi connectivity index (χ1n) is 5.81. The number of aryl methyl sites for hydroxylation is 1. The molecule has 2 rings (SSSR count). The molecule has 0 radical (unpaired) electrons. The Labute approximate surface area is 121 Å². The summed E-state index contributed by atoms with van der Waals surface area (Å²) in [6.45, 7) is 6.33. The van der Waals surface area contributed by atoms with E-state index in [1.807, 2.05) is 25.1 Å². The number of aromatic nitrogens is 3. The lowest BCUT2D eigenvalue weighted by Crippen LogP contribution is -1.96. The number of nitrogens with zero attached hydrogens (tertiary/aromatic N) is 3. The highest BCUT2D eigenvalue weighted by Gasteiger charge is 2.10. The molecular weight excluding hydrogens is 285 g/mol. The molecule has 1 heterocycles. The number of benzene rings is 1. The van der Waals surface area contributed by atoms with E-state index in [2.05, 4.69) is 29.0 Å². The third-order valence-electron chi connectivity index (χ3n) is 2.67. The van der Waals surface area contributed by atoms with Gasteiger partial charge in [-0.3, -0.25) is 0 Å². The molecule has 6 heteroatoms. The van der Waals surface area contributed by atoms with Crippen molar-refractivity contribution in [3.63, 3.8) is 0 Å². The van der Waals surface area contributed by atoms with E-state index >= 15 is 0 Å². The van der Waals surface area contributed by atoms with Crippen LogP contribution in [0.2, 0.25) is 10.4 Å². The van der Waals surface area contributed by atoms with E-state index in [9.17, 15) is 0 Å². The number of ether oxygens (including phenoxy) is 1. The zero-order valence-corrected chi connectivity index (χ0v) is 12.3. The van der Waals surface area contributed by atoms with Crippen molar-refractivity contribution in [2.75, 3.05) is 0 Å². The van der Waals surface area contributed by atoms with E-state index in [1.54, 1.807) is 0 Å². The van der Waals surface area contributed by atoms with Gasteiger partial charge in [-0.05, 0) is 47.7 Å². The molecule has 4 nitrogen and oxygen atoms in total. The van der Waals surface area contributed by atoms with Crippen molar-refractivity contribution in [2.45, 2.75) is 26.7 Å². The van der Waals surface area contributed by atoms with Gasteiger partial charge in [-0.25, -0.2) is 0 Å². The van der Waals surface area contributed by atoms with Crippen LogP contribution in [-0.4, -0.2) is 15.2 Å². The fourth-order valence-corrected chi connectivity index (χ4v) is 2.05. The van der Waals surface area contributed by atoms with Crippen molar-refractivity contribution < 1.29 is 4.74 Å². The van der Waals surface area contributed by atoms with Crippen LogP contribution in [-0.2, 0) is 0 Å². The third-order valence-corrected chi connectivity index (χ3v) is 3.07. The van der Waals surface area contributed by atoms with Crippen LogP contribution in [0.1, 0.15) is 30.9 Å². The highest BCUT2D eigenvalue weighted by molar-refractivity contribution is 6.31. The second-order valence-electron chi connectivity index (χ2n) is 4.45. The van der Waals surface area contributed by atoms with Gasteiger partial charge in [-0.2, -0.15) is 4.98 Å². The molecule has 0 saturated heterocycles. The van der Waals surface area contributed by atoms with E-state index in [0.717, 1.165) is 5.56 Å². The van der Waals surface area contributed by atoms with E-state index in [4.69, 9.17) is 27.9 Å². The van der Waals surface area contributed by atoms with Gasteiger partial charge >= 0.3 is 0 Å². The zero-order valence-electron chi connectivity index (χ0n) is 10.8. The maximum atomic E-state index is 5.85. The molecule has 0 bridgehead atoms. The van der Waals surface area contributed by atoms with Crippen LogP contribution < -0.4 is 4.74 Å². The SMILES string of the molecule is Cc1cc(Oc2nc(Cl)nnc2Cl)ccc1C(C)C. The third kappa shape index (κ3) is 3.33. The van der Waals surface area contributed by atoms with Crippen LogP contribution >= 0.6 is 23.2 Å². The molecule has 19 heavy (non-hydrogen) atoms. The minimum Gasteiger partial charge on any atom is -0.436 e. The van der Waals surface area contributed by atoms with Crippen molar-refractivity contribution >= 4 is 23.2 Å². The highest BCUT2D eigenvalue weighted by atomic mass is 35.5. The number of rotatable bonds is 3. The predicted molar refractivity (Wildman–Crippen MR) is 75.2 cm³/mol. The fraction of sp³-hybridized carbons (Fsp3) is 0.308. The number of halogens is 2. The molecular formula is C13H13Cl2N3O. The monoisotopic (exact) mass is 297 g/mol. The Kier molecular flexibility index (Phi) is 4.22. The molecule has 0 aliphatic heterocycles. The van der Waals surface area contributed by atoms with E-state index in [0.29, 0.717) is 11.7 Å². The van der Waals surface area contributed by atoms with Gasteiger partial charge < -0.3 is 4.74 Å². The molecule has 0 fully saturated rings. The van der Waals surface area contributed by atoms with Crippen molar-refractivity contribution in [1.29, 1.82) is 0 Å². The molecule has 1 aromatic carbocycles. The van der Waals surface area contributed by atoms with Crippen molar-refractivity contribution in [3.8, 4) is 11.6 Å². The molecule has 0 amide bonds. The Morgan fingerprint density at radius 1 is 1.16 bits per heavy atom. The number of hydrogen-bond donors (Lipinski definition) is 0. The van der Waals surface area contributed by atoms with Crippen LogP contribution in [0.25, 0.3) is 0 Å². The standard InChI is InChI=1S/C13H13Cl2N3O/c1-7(2)10-5-4-9(6-8(10)3)19-12-11(14)17-18-13(15)16-12/h4-7H,1-3H3. The molecule has 1 aromatic heterocycles. The Balaban J connectivity index is 2.29. The van der Waals surface area contributed by atoms with Crippen LogP contribution in [0, 0.1) is 6.92 Å². The summed E-state index contributed by atoms with van der Waals surface area (Å²) in [6, 6.07) is 5.83. The topological polar surface area (TPSA) is 47.9 Å². The lowest BCUT2D eigenvalue weighted by molar-refractivity contribution is 0.457. The van der Waals surface area contributed by atoms with Crippen LogP contribution in [0.4, 0.5) is 0 Å². The van der Waals surface area contributed by atoms with Crippen molar-refractivity contribution in [2.24, 2.45) is 0 Å². The minimum absolute atomic E-state index is 0.00470. The van der Waals surface area contributed by atoms with Gasteiger partial charge in [0.2, 0.25) is 10.4 Å². The lowest BCUT2D eigenvalue weighted by atomic mass is 9.98. The Morgan fingerprint density at radius 3 is 2.53 bits per heavy atom. The second-order valence-corrected chi connectivity index (χ2v) is 5.15. The van der Waals surface area contributed by atoms with E-state index < -0.39 is 0 Å². The fourth-order valence-electron chi connectivity index (χ4n) is 1.82. The average molecular weight is 298 g/mol. The van der Waals surface area contributed by atoms with E-state index in [-0.39, 0.29) is 16.3 Å². The Bertz CT molecular complexity index is 602. The minimum atomic E-state index is -0.00470. The Morgan fingerprint density at radius 2 is 1.89 bits per heavy atom. The first-order chi connectivity index (χ1) is 8.97. The first kappa shape index (κ1) is 14.0. The molecule has 0 aliphatic carbocycles. The smallest absolute Gasteiger partial charge is 0.262 e. The largest absolute Gasteiger partial charge is 0.436 e. The van der Waals surface area contributed by atoms with Crippen molar-refractivity contribution in [1.82, 2.24) is 15.2 Å². The molecule has 0 unspecified atom stereocenters. The molecule has 0 N–H and O–H groups in total. The maximum Gasteiger partial charge on any atom is 0.262 e. The summed E-state index contributed by atoms with van der Waals surface area (Å²) in [7, 11) is 0. The van der Waals surface area contributed by atoms with Gasteiger partial charge in [0.05, 0.1) is 0 Å². The average Bonchev–Trinajstić information content (AvgIpc) is 2.33. The van der Waals surface area contributed by atoms with Gasteiger partial charge in [0.25, 0.3) is 5.88 Å². The van der Waals surface area contributed by atoms with Gasteiger partial charge in [0, 0.05) is 0 Å². The summed E-state index contributed by atoms with van der Waals surface area (Å²) in [6.07, 6.45) is 0. The van der Waals surface area contributed by atoms with Gasteiger partial charge in [-0.1, -0.05) is 31.5 Å². The maximum absolute atomic E-state index is 5.85. The summed E-state index contributed by atoms with van der Waals surface area (Å²) in [5.74, 6) is 1.26. The highest BCUT2D eigenvalue weighted by Crippen LogP contribution is 2.29. The zero-order chi connectivity index (χ0) is 14.0. The molecule has 0 aliphatic rings. The first-order valence-corrected chi connectivity index (χ1v) is 6.57. The molecule has 0 spiro atoms. The predicted octanol–water partition coefficient (Wildman–Crippen LogP) is 4.40. The summed E-state index contributed by atoms with van der Waals surface area (Å²) < 4.78 is 5.58. The van der Waals surface area contributed by atoms with Crippen LogP contribution in [0.5, 0.6) is 11.6 Å². The Hall–Kier alpha value is -1.39. The summed E-state index contributed by atoms with van der Waals surface area (Å²) in [5.41, 5.74) is 2.43. The van der Waals surface area contributed by atoms with Crippen LogP contribution in [0.3, 0.4) is 0 Å². The molecule has 2 aromatic rings. The normalized spacial score (nSPS) is 10.8. The molecule has 0 atom stereocenters. The lowest BCUT2D eigenvalue weighted by Gasteiger charge is -2.12. The van der Waals surface area contributed by atoms with Crippen molar-refractivity contribution in [3.05, 3.63) is 39.8 Å². The summed E-state index contributed by atoms with van der Waals surface area (Å²) >= 11 is 11.5. The van der Waals surface area contributed by atoms with Gasteiger partial charge in [-0.15, -0.1) is 10.2 Å². The summed E-state index contributed by atoms with van der Waals surface area (Å²) in [5, 5.41) is 7.24. The summed E-state index contributed by atoms with van der Waals surface area (Å²) in [4.78, 5) is 3.89. The number of hydrogen-bond acceptors (Lipinski definition) is 4. The van der Waals surface area contributed by atoms with Crippen LogP contribution in [0.15, 0.2) is 18.2 Å². The van der Waals surface area contributed by atoms with Gasteiger partial charge in [0.15, 0.2) is 0 Å². The second kappa shape index (κ2) is 5.72. The molecule has 0 saturated carbocycles.